The van der Waals surface area contributed by atoms with Crippen molar-refractivity contribution < 1.29 is 5.32 Å². The number of hydrogen-bond donors (Lipinski definition) is 2. The van der Waals surface area contributed by atoms with E-state index >= 15 is 0 Å². The van der Waals surface area contributed by atoms with E-state index in [0.29, 0.717) is 5.92 Å². The second-order valence-corrected chi connectivity index (χ2v) is 5.60. The highest BCUT2D eigenvalue weighted by molar-refractivity contribution is 5.35. The second-order valence-electron chi connectivity index (χ2n) is 5.60. The first kappa shape index (κ1) is 14.0. The van der Waals surface area contributed by atoms with Crippen molar-refractivity contribution in [2.75, 3.05) is 6.54 Å². The van der Waals surface area contributed by atoms with Crippen molar-refractivity contribution in [2.45, 2.75) is 33.4 Å². The van der Waals surface area contributed by atoms with Gasteiger partial charge in [0.15, 0.2) is 0 Å². The molecule has 0 saturated heterocycles. The monoisotopic (exact) mass is 257 g/mol. The SMILES string of the molecule is CC1=CC(N)C(C)C=C1C[NH2+]Cc1ccccc1C. The van der Waals surface area contributed by atoms with Crippen molar-refractivity contribution in [2.24, 2.45) is 11.7 Å². The summed E-state index contributed by atoms with van der Waals surface area (Å²) in [5, 5.41) is 2.37. The third kappa shape index (κ3) is 3.55. The summed E-state index contributed by atoms with van der Waals surface area (Å²) in [6.45, 7) is 8.61. The molecule has 19 heavy (non-hydrogen) atoms. The lowest BCUT2D eigenvalue weighted by molar-refractivity contribution is -0.663. The van der Waals surface area contributed by atoms with Gasteiger partial charge in [-0.15, -0.1) is 0 Å². The zero-order valence-electron chi connectivity index (χ0n) is 12.2. The van der Waals surface area contributed by atoms with Gasteiger partial charge in [0.1, 0.15) is 13.1 Å². The fourth-order valence-electron chi connectivity index (χ4n) is 2.56. The number of nitrogens with two attached hydrogens (primary N) is 2. The first-order valence-corrected chi connectivity index (χ1v) is 7.09. The lowest BCUT2D eigenvalue weighted by atomic mass is 9.89. The van der Waals surface area contributed by atoms with E-state index in [1.807, 2.05) is 0 Å². The van der Waals surface area contributed by atoms with E-state index in [9.17, 15) is 0 Å². The van der Waals surface area contributed by atoms with Crippen molar-refractivity contribution in [3.63, 3.8) is 0 Å². The normalized spacial score (nSPS) is 22.9. The number of hydrogen-bond acceptors (Lipinski definition) is 1. The number of quaternary nitrogens is 1. The Bertz CT molecular complexity index is 500. The van der Waals surface area contributed by atoms with Gasteiger partial charge in [-0.1, -0.05) is 43.3 Å². The van der Waals surface area contributed by atoms with Gasteiger partial charge >= 0.3 is 0 Å². The van der Waals surface area contributed by atoms with E-state index in [0.717, 1.165) is 13.1 Å². The van der Waals surface area contributed by atoms with E-state index in [2.05, 4.69) is 62.5 Å². The van der Waals surface area contributed by atoms with Crippen LogP contribution in [0.25, 0.3) is 0 Å². The molecule has 1 aliphatic carbocycles. The van der Waals surface area contributed by atoms with Crippen LogP contribution in [0.1, 0.15) is 25.0 Å². The molecular formula is C17H25N2+. The Morgan fingerprint density at radius 1 is 1.11 bits per heavy atom. The quantitative estimate of drug-likeness (QED) is 0.850. The highest BCUT2D eigenvalue weighted by Gasteiger charge is 2.17. The van der Waals surface area contributed by atoms with E-state index in [1.165, 1.54) is 22.3 Å². The van der Waals surface area contributed by atoms with Crippen LogP contribution in [0.3, 0.4) is 0 Å². The predicted octanol–water partition coefficient (Wildman–Crippen LogP) is 1.91. The molecule has 2 heteroatoms. The van der Waals surface area contributed by atoms with E-state index < -0.39 is 0 Å². The topological polar surface area (TPSA) is 42.6 Å². The minimum Gasteiger partial charge on any atom is -0.339 e. The lowest BCUT2D eigenvalue weighted by Crippen LogP contribution is -2.83. The zero-order chi connectivity index (χ0) is 13.8. The highest BCUT2D eigenvalue weighted by Crippen LogP contribution is 2.20. The first-order chi connectivity index (χ1) is 9.08. The molecule has 102 valence electrons. The molecule has 0 aliphatic heterocycles. The van der Waals surface area contributed by atoms with Crippen LogP contribution in [-0.4, -0.2) is 12.6 Å². The van der Waals surface area contributed by atoms with Crippen LogP contribution in [0, 0.1) is 12.8 Å². The van der Waals surface area contributed by atoms with Gasteiger partial charge in [0.05, 0.1) is 0 Å². The average Bonchev–Trinajstić information content (AvgIpc) is 2.38. The van der Waals surface area contributed by atoms with Gasteiger partial charge in [0, 0.05) is 17.2 Å². The van der Waals surface area contributed by atoms with Crippen LogP contribution in [0.5, 0.6) is 0 Å². The molecule has 1 aromatic rings. The molecule has 0 bridgehead atoms. The van der Waals surface area contributed by atoms with Gasteiger partial charge in [-0.25, -0.2) is 0 Å². The van der Waals surface area contributed by atoms with Crippen molar-refractivity contribution in [3.05, 3.63) is 58.7 Å². The molecule has 1 aliphatic rings. The Labute approximate surface area is 116 Å². The maximum absolute atomic E-state index is 6.04. The Kier molecular flexibility index (Phi) is 4.56. The van der Waals surface area contributed by atoms with E-state index in [-0.39, 0.29) is 6.04 Å². The maximum atomic E-state index is 6.04. The molecule has 0 fully saturated rings. The third-order valence-corrected chi connectivity index (χ3v) is 4.01. The molecule has 2 rings (SSSR count). The molecular weight excluding hydrogens is 232 g/mol. The smallest absolute Gasteiger partial charge is 0.102 e. The summed E-state index contributed by atoms with van der Waals surface area (Å²) >= 11 is 0. The van der Waals surface area contributed by atoms with Gasteiger partial charge in [-0.3, -0.25) is 0 Å². The van der Waals surface area contributed by atoms with Crippen molar-refractivity contribution in [1.82, 2.24) is 0 Å². The van der Waals surface area contributed by atoms with E-state index in [4.69, 9.17) is 5.73 Å². The molecule has 0 aromatic heterocycles. The van der Waals surface area contributed by atoms with Gasteiger partial charge in [0.2, 0.25) is 0 Å². The Hall–Kier alpha value is -1.38. The predicted molar refractivity (Wildman–Crippen MR) is 80.7 cm³/mol. The Morgan fingerprint density at radius 2 is 1.84 bits per heavy atom. The number of aryl methyl sites for hydroxylation is 1. The minimum absolute atomic E-state index is 0.181. The van der Waals surface area contributed by atoms with Crippen LogP contribution in [0.15, 0.2) is 47.6 Å². The molecule has 1 aromatic carbocycles. The number of rotatable bonds is 4. The molecule has 0 amide bonds. The molecule has 2 nitrogen and oxygen atoms in total. The van der Waals surface area contributed by atoms with Gasteiger partial charge in [-0.2, -0.15) is 0 Å². The van der Waals surface area contributed by atoms with Crippen LogP contribution in [0.2, 0.25) is 0 Å². The Balaban J connectivity index is 1.92. The summed E-state index contributed by atoms with van der Waals surface area (Å²) in [7, 11) is 0. The summed E-state index contributed by atoms with van der Waals surface area (Å²) in [5.74, 6) is 0.450. The standard InChI is InChI=1S/C17H24N2/c1-12-6-4-5-7-15(12)10-19-11-16-8-14(3)17(18)9-13(16)2/h4-9,14,17,19H,10-11,18H2,1-3H3/p+1. The van der Waals surface area contributed by atoms with Gasteiger partial charge < -0.3 is 11.1 Å². The van der Waals surface area contributed by atoms with Crippen molar-refractivity contribution >= 4 is 0 Å². The molecule has 4 N–H and O–H groups in total. The lowest BCUT2D eigenvalue weighted by Gasteiger charge is -2.22. The summed E-state index contributed by atoms with van der Waals surface area (Å²) in [5.41, 5.74) is 11.6. The largest absolute Gasteiger partial charge is 0.339 e. The second kappa shape index (κ2) is 6.18. The Morgan fingerprint density at radius 3 is 2.58 bits per heavy atom. The van der Waals surface area contributed by atoms with Crippen LogP contribution in [0.4, 0.5) is 0 Å². The molecule has 0 spiro atoms. The van der Waals surface area contributed by atoms with Crippen molar-refractivity contribution in [3.8, 4) is 0 Å². The number of benzene rings is 1. The zero-order valence-corrected chi connectivity index (χ0v) is 12.2. The maximum Gasteiger partial charge on any atom is 0.102 e. The highest BCUT2D eigenvalue weighted by atomic mass is 14.9. The van der Waals surface area contributed by atoms with Crippen molar-refractivity contribution in [1.29, 1.82) is 0 Å². The summed E-state index contributed by atoms with van der Waals surface area (Å²) in [6, 6.07) is 8.78. The molecule has 2 atom stereocenters. The average molecular weight is 257 g/mol. The fraction of sp³-hybridized carbons (Fsp3) is 0.412. The molecule has 0 heterocycles. The summed E-state index contributed by atoms with van der Waals surface area (Å²) < 4.78 is 0. The summed E-state index contributed by atoms with van der Waals surface area (Å²) in [6.07, 6.45) is 4.52. The van der Waals surface area contributed by atoms with Gasteiger partial charge in [-0.05, 0) is 30.9 Å². The first-order valence-electron chi connectivity index (χ1n) is 7.09. The summed E-state index contributed by atoms with van der Waals surface area (Å²) in [4.78, 5) is 0. The van der Waals surface area contributed by atoms with Gasteiger partial charge in [0.25, 0.3) is 0 Å². The van der Waals surface area contributed by atoms with E-state index in [1.54, 1.807) is 0 Å². The molecule has 0 radical (unpaired) electrons. The molecule has 2 unspecified atom stereocenters. The van der Waals surface area contributed by atoms with Crippen LogP contribution >= 0.6 is 0 Å². The fourth-order valence-corrected chi connectivity index (χ4v) is 2.56. The minimum atomic E-state index is 0.181. The molecule has 0 saturated carbocycles. The van der Waals surface area contributed by atoms with Crippen LogP contribution in [-0.2, 0) is 6.54 Å². The van der Waals surface area contributed by atoms with Crippen LogP contribution < -0.4 is 11.1 Å². The third-order valence-electron chi connectivity index (χ3n) is 4.01.